The molecule has 8 heteroatoms. The predicted molar refractivity (Wildman–Crippen MR) is 63.4 cm³/mol. The van der Waals surface area contributed by atoms with E-state index in [2.05, 4.69) is 5.32 Å². The molecule has 0 atom stereocenters. The highest BCUT2D eigenvalue weighted by molar-refractivity contribution is 6.08. The first-order valence-corrected chi connectivity index (χ1v) is 5.25. The first kappa shape index (κ1) is 15.7. The monoisotopic (exact) mass is 290 g/mol. The Hall–Kier alpha value is -2.38. The molecule has 108 valence electrons. The maximum atomic E-state index is 13.3. The maximum Gasteiger partial charge on any atom is 0.417 e. The number of carboxylic acid groups (broad SMARTS) is 1. The number of alkyl halides is 3. The number of hydrogen-bond donors (Lipinski definition) is 3. The van der Waals surface area contributed by atoms with Crippen LogP contribution in [0, 0.1) is 11.2 Å². The molecule has 4 nitrogen and oxygen atoms in total. The van der Waals surface area contributed by atoms with Crippen molar-refractivity contribution in [3.63, 3.8) is 0 Å². The molecule has 0 spiro atoms. The van der Waals surface area contributed by atoms with Crippen LogP contribution in [0.5, 0.6) is 0 Å². The molecule has 3 N–H and O–H groups in total. The van der Waals surface area contributed by atoms with E-state index >= 15 is 0 Å². The molecular weight excluding hydrogens is 280 g/mol. The molecule has 0 aliphatic heterocycles. The van der Waals surface area contributed by atoms with Gasteiger partial charge in [0.05, 0.1) is 16.8 Å². The van der Waals surface area contributed by atoms with Crippen molar-refractivity contribution in [3.05, 3.63) is 46.9 Å². The van der Waals surface area contributed by atoms with Gasteiger partial charge in [-0.15, -0.1) is 0 Å². The number of nitrogens with one attached hydrogen (secondary N) is 2. The number of allylic oxidation sites excluding steroid dienone is 1. The largest absolute Gasteiger partial charge is 0.478 e. The quantitative estimate of drug-likeness (QED) is 0.589. The van der Waals surface area contributed by atoms with Crippen molar-refractivity contribution < 1.29 is 27.5 Å². The lowest BCUT2D eigenvalue weighted by atomic mass is 9.98. The van der Waals surface area contributed by atoms with Crippen LogP contribution in [-0.2, 0) is 6.18 Å². The highest BCUT2D eigenvalue weighted by atomic mass is 19.4. The SMILES string of the molecule is CN/C=C\C(=N)c1cc(C(=O)O)c(F)cc1C(F)(F)F. The molecule has 0 amide bonds. The average molecular weight is 290 g/mol. The summed E-state index contributed by atoms with van der Waals surface area (Å²) in [5, 5.41) is 18.7. The second-order valence-electron chi connectivity index (χ2n) is 3.72. The van der Waals surface area contributed by atoms with E-state index in [1.807, 2.05) is 0 Å². The Morgan fingerprint density at radius 1 is 1.35 bits per heavy atom. The molecule has 0 fully saturated rings. The standard InChI is InChI=1S/C12H10F4N2O2/c1-18-3-2-10(17)6-4-7(11(19)20)9(13)5-8(6)12(14,15)16/h2-5,17-18H,1H3,(H,19,20)/b3-2-,17-10?. The van der Waals surface area contributed by atoms with Crippen molar-refractivity contribution in [2.75, 3.05) is 7.05 Å². The Balaban J connectivity index is 3.52. The second kappa shape index (κ2) is 5.72. The summed E-state index contributed by atoms with van der Waals surface area (Å²) in [6.45, 7) is 0. The first-order chi connectivity index (χ1) is 9.18. The van der Waals surface area contributed by atoms with E-state index in [0.717, 1.165) is 6.08 Å². The highest BCUT2D eigenvalue weighted by Gasteiger charge is 2.35. The van der Waals surface area contributed by atoms with E-state index in [4.69, 9.17) is 10.5 Å². The molecule has 0 saturated heterocycles. The van der Waals surface area contributed by atoms with Gasteiger partial charge in [-0.2, -0.15) is 13.2 Å². The van der Waals surface area contributed by atoms with Gasteiger partial charge < -0.3 is 15.8 Å². The molecule has 0 aliphatic carbocycles. The van der Waals surface area contributed by atoms with Gasteiger partial charge in [0.1, 0.15) is 5.82 Å². The zero-order valence-corrected chi connectivity index (χ0v) is 10.2. The normalized spacial score (nSPS) is 11.7. The molecule has 0 aromatic heterocycles. The van der Waals surface area contributed by atoms with Crippen LogP contribution in [0.25, 0.3) is 0 Å². The summed E-state index contributed by atoms with van der Waals surface area (Å²) in [6.07, 6.45) is -2.69. The Labute approximate surface area is 111 Å². The van der Waals surface area contributed by atoms with Gasteiger partial charge in [0.15, 0.2) is 0 Å². The number of aromatic carboxylic acids is 1. The van der Waals surface area contributed by atoms with Gasteiger partial charge in [0, 0.05) is 12.6 Å². The van der Waals surface area contributed by atoms with Crippen LogP contribution in [0.4, 0.5) is 17.6 Å². The number of hydrogen-bond acceptors (Lipinski definition) is 3. The minimum absolute atomic E-state index is 0.0839. The van der Waals surface area contributed by atoms with Crippen LogP contribution in [0.2, 0.25) is 0 Å². The first-order valence-electron chi connectivity index (χ1n) is 5.25. The molecule has 0 radical (unpaired) electrons. The lowest BCUT2D eigenvalue weighted by Gasteiger charge is -2.13. The molecule has 1 aromatic carbocycles. The lowest BCUT2D eigenvalue weighted by Crippen LogP contribution is -2.15. The van der Waals surface area contributed by atoms with Crippen LogP contribution >= 0.6 is 0 Å². The topological polar surface area (TPSA) is 73.2 Å². The Morgan fingerprint density at radius 2 is 1.95 bits per heavy atom. The minimum Gasteiger partial charge on any atom is -0.478 e. The summed E-state index contributed by atoms with van der Waals surface area (Å²) in [4.78, 5) is 10.7. The van der Waals surface area contributed by atoms with Crippen LogP contribution in [0.15, 0.2) is 24.4 Å². The summed E-state index contributed by atoms with van der Waals surface area (Å²) < 4.78 is 51.7. The summed E-state index contributed by atoms with van der Waals surface area (Å²) in [6, 6.07) is 0.587. The molecular formula is C12H10F4N2O2. The molecule has 20 heavy (non-hydrogen) atoms. The molecule has 0 aliphatic rings. The number of carboxylic acids is 1. The van der Waals surface area contributed by atoms with Crippen molar-refractivity contribution in [1.82, 2.24) is 5.32 Å². The van der Waals surface area contributed by atoms with Crippen molar-refractivity contribution in [2.45, 2.75) is 6.18 Å². The van der Waals surface area contributed by atoms with Crippen LogP contribution in [-0.4, -0.2) is 23.8 Å². The van der Waals surface area contributed by atoms with Crippen molar-refractivity contribution in [1.29, 1.82) is 5.41 Å². The van der Waals surface area contributed by atoms with Crippen molar-refractivity contribution in [2.24, 2.45) is 0 Å². The highest BCUT2D eigenvalue weighted by Crippen LogP contribution is 2.34. The fourth-order valence-electron chi connectivity index (χ4n) is 1.45. The number of halogens is 4. The third-order valence-electron chi connectivity index (χ3n) is 2.35. The van der Waals surface area contributed by atoms with Gasteiger partial charge in [0.25, 0.3) is 0 Å². The summed E-state index contributed by atoms with van der Waals surface area (Å²) in [5.41, 5.74) is -3.61. The van der Waals surface area contributed by atoms with E-state index in [1.165, 1.54) is 13.2 Å². The fourth-order valence-corrected chi connectivity index (χ4v) is 1.45. The number of benzene rings is 1. The van der Waals surface area contributed by atoms with Gasteiger partial charge in [-0.1, -0.05) is 0 Å². The summed E-state index contributed by atoms with van der Waals surface area (Å²) in [5.74, 6) is -3.21. The van der Waals surface area contributed by atoms with Crippen molar-refractivity contribution in [3.8, 4) is 0 Å². The number of carbonyl (C=O) groups is 1. The summed E-state index contributed by atoms with van der Waals surface area (Å²) >= 11 is 0. The Bertz CT molecular complexity index is 580. The zero-order valence-electron chi connectivity index (χ0n) is 10.2. The molecule has 0 heterocycles. The van der Waals surface area contributed by atoms with Crippen molar-refractivity contribution >= 4 is 11.7 Å². The van der Waals surface area contributed by atoms with Gasteiger partial charge in [0.2, 0.25) is 0 Å². The molecule has 0 saturated carbocycles. The van der Waals surface area contributed by atoms with E-state index in [9.17, 15) is 22.4 Å². The fraction of sp³-hybridized carbons (Fsp3) is 0.167. The maximum absolute atomic E-state index is 13.3. The zero-order chi connectivity index (χ0) is 15.5. The molecule has 0 bridgehead atoms. The molecule has 1 aromatic rings. The lowest BCUT2D eigenvalue weighted by molar-refractivity contribution is -0.137. The van der Waals surface area contributed by atoms with E-state index in [-0.39, 0.29) is 6.07 Å². The Kier molecular flexibility index (Phi) is 4.49. The van der Waals surface area contributed by atoms with E-state index < -0.39 is 40.4 Å². The minimum atomic E-state index is -4.90. The Morgan fingerprint density at radius 3 is 2.40 bits per heavy atom. The van der Waals surface area contributed by atoms with Crippen LogP contribution in [0.1, 0.15) is 21.5 Å². The third kappa shape index (κ3) is 3.34. The predicted octanol–water partition coefficient (Wildman–Crippen LogP) is 2.64. The van der Waals surface area contributed by atoms with E-state index in [0.29, 0.717) is 6.07 Å². The third-order valence-corrected chi connectivity index (χ3v) is 2.35. The molecule has 0 unspecified atom stereocenters. The molecule has 1 rings (SSSR count). The van der Waals surface area contributed by atoms with Crippen LogP contribution < -0.4 is 5.32 Å². The average Bonchev–Trinajstić information content (AvgIpc) is 2.34. The van der Waals surface area contributed by atoms with E-state index in [1.54, 1.807) is 0 Å². The van der Waals surface area contributed by atoms with Gasteiger partial charge >= 0.3 is 12.1 Å². The smallest absolute Gasteiger partial charge is 0.417 e. The van der Waals surface area contributed by atoms with Gasteiger partial charge in [-0.05, 0) is 24.4 Å². The van der Waals surface area contributed by atoms with Gasteiger partial charge in [-0.3, -0.25) is 0 Å². The second-order valence-corrected chi connectivity index (χ2v) is 3.72. The van der Waals surface area contributed by atoms with Gasteiger partial charge in [-0.25, -0.2) is 9.18 Å². The summed E-state index contributed by atoms with van der Waals surface area (Å²) in [7, 11) is 1.47. The van der Waals surface area contributed by atoms with Crippen LogP contribution in [0.3, 0.4) is 0 Å². The number of rotatable bonds is 4.